The van der Waals surface area contributed by atoms with Crippen LogP contribution in [0.4, 0.5) is 0 Å². The highest BCUT2D eigenvalue weighted by atomic mass is 16.3. The second-order valence-electron chi connectivity index (χ2n) is 5.76. The smallest absolute Gasteiger partial charge is 0.000179 e. The molecule has 1 aromatic carbocycles. The third kappa shape index (κ3) is 2.73. The fourth-order valence-corrected chi connectivity index (χ4v) is 2.02. The summed E-state index contributed by atoms with van der Waals surface area (Å²) in [4.78, 5) is 0. The van der Waals surface area contributed by atoms with Crippen molar-refractivity contribution in [2.24, 2.45) is 11.3 Å². The van der Waals surface area contributed by atoms with Crippen LogP contribution in [0.25, 0.3) is 5.76 Å². The molecule has 0 aromatic heterocycles. The highest BCUT2D eigenvalue weighted by Crippen LogP contribution is 2.32. The second kappa shape index (κ2) is 4.85. The van der Waals surface area contributed by atoms with Crippen molar-refractivity contribution in [1.29, 1.82) is 0 Å². The van der Waals surface area contributed by atoms with Gasteiger partial charge in [-0.2, -0.15) is 0 Å². The van der Waals surface area contributed by atoms with Gasteiger partial charge in [0, 0.05) is 5.92 Å². The summed E-state index contributed by atoms with van der Waals surface area (Å²) in [5, 5.41) is 12.2. The summed E-state index contributed by atoms with van der Waals surface area (Å²) in [7, 11) is 0. The van der Waals surface area contributed by atoms with Gasteiger partial charge in [-0.1, -0.05) is 81.2 Å². The lowest BCUT2D eigenvalue weighted by molar-refractivity contribution is -0.244. The van der Waals surface area contributed by atoms with Crippen molar-refractivity contribution in [3.05, 3.63) is 65.8 Å². The number of allylic oxidation sites excluding steroid dienone is 5. The maximum Gasteiger partial charge on any atom is 0.000179 e. The van der Waals surface area contributed by atoms with E-state index in [-0.39, 0.29) is 11.2 Å². The minimum absolute atomic E-state index is 0.0930. The number of hydrogen-bond acceptors (Lipinski definition) is 1. The SMILES string of the molecule is CC(C)(C)C1C=CC(=C([O-])c2ccccc2)C=C1. The van der Waals surface area contributed by atoms with Gasteiger partial charge in [0.2, 0.25) is 0 Å². The molecule has 0 unspecified atom stereocenters. The molecular weight excluding hydrogens is 220 g/mol. The van der Waals surface area contributed by atoms with Gasteiger partial charge in [0.1, 0.15) is 0 Å². The Morgan fingerprint density at radius 1 is 1.00 bits per heavy atom. The van der Waals surface area contributed by atoms with Gasteiger partial charge in [0.05, 0.1) is 0 Å². The Bertz CT molecular complexity index is 482. The van der Waals surface area contributed by atoms with Gasteiger partial charge in [-0.05, 0) is 16.6 Å². The van der Waals surface area contributed by atoms with Crippen molar-refractivity contribution in [2.75, 3.05) is 0 Å². The number of hydrogen-bond donors (Lipinski definition) is 0. The fourth-order valence-electron chi connectivity index (χ4n) is 2.02. The van der Waals surface area contributed by atoms with E-state index in [2.05, 4.69) is 32.9 Å². The topological polar surface area (TPSA) is 23.1 Å². The third-order valence-corrected chi connectivity index (χ3v) is 3.26. The van der Waals surface area contributed by atoms with Crippen LogP contribution in [0.3, 0.4) is 0 Å². The van der Waals surface area contributed by atoms with Gasteiger partial charge in [0.15, 0.2) is 0 Å². The van der Waals surface area contributed by atoms with Crippen LogP contribution < -0.4 is 5.11 Å². The molecule has 1 heteroatoms. The van der Waals surface area contributed by atoms with Gasteiger partial charge in [0.25, 0.3) is 0 Å². The molecular formula is C17H19O-. The minimum Gasteiger partial charge on any atom is -0.872 e. The summed E-state index contributed by atoms with van der Waals surface area (Å²) < 4.78 is 0. The summed E-state index contributed by atoms with van der Waals surface area (Å²) in [5.41, 5.74) is 1.71. The maximum absolute atomic E-state index is 12.2. The Kier molecular flexibility index (Phi) is 3.42. The van der Waals surface area contributed by atoms with Crippen LogP contribution in [0.15, 0.2) is 60.2 Å². The molecule has 1 aliphatic rings. The van der Waals surface area contributed by atoms with Crippen LogP contribution in [-0.4, -0.2) is 0 Å². The summed E-state index contributed by atoms with van der Waals surface area (Å²) >= 11 is 0. The van der Waals surface area contributed by atoms with E-state index >= 15 is 0 Å². The lowest BCUT2D eigenvalue weighted by Gasteiger charge is -2.28. The van der Waals surface area contributed by atoms with E-state index in [1.165, 1.54) is 0 Å². The molecule has 94 valence electrons. The molecule has 0 saturated heterocycles. The van der Waals surface area contributed by atoms with E-state index in [1.807, 2.05) is 42.5 Å². The zero-order chi connectivity index (χ0) is 13.2. The normalized spacial score (nSPS) is 19.1. The van der Waals surface area contributed by atoms with Gasteiger partial charge in [-0.3, -0.25) is 0 Å². The molecule has 1 aliphatic carbocycles. The number of benzene rings is 1. The molecule has 0 atom stereocenters. The minimum atomic E-state index is 0.0930. The summed E-state index contributed by atoms with van der Waals surface area (Å²) in [6.45, 7) is 6.61. The van der Waals surface area contributed by atoms with Gasteiger partial charge in [-0.25, -0.2) is 0 Å². The van der Waals surface area contributed by atoms with Crippen molar-refractivity contribution < 1.29 is 5.11 Å². The zero-order valence-electron chi connectivity index (χ0n) is 11.2. The highest BCUT2D eigenvalue weighted by molar-refractivity contribution is 5.66. The largest absolute Gasteiger partial charge is 0.872 e. The van der Waals surface area contributed by atoms with Crippen molar-refractivity contribution in [3.8, 4) is 0 Å². The molecule has 0 aliphatic heterocycles. The molecule has 0 bridgehead atoms. The van der Waals surface area contributed by atoms with E-state index in [0.717, 1.165) is 11.1 Å². The van der Waals surface area contributed by atoms with Gasteiger partial charge >= 0.3 is 0 Å². The Morgan fingerprint density at radius 3 is 2.06 bits per heavy atom. The Morgan fingerprint density at radius 2 is 1.56 bits per heavy atom. The van der Waals surface area contributed by atoms with Crippen molar-refractivity contribution >= 4 is 5.76 Å². The average Bonchev–Trinajstić information content (AvgIpc) is 2.38. The fraction of sp³-hybridized carbons (Fsp3) is 0.294. The quantitative estimate of drug-likeness (QED) is 0.687. The molecule has 0 N–H and O–H groups in total. The highest BCUT2D eigenvalue weighted by Gasteiger charge is 2.20. The molecule has 0 fully saturated rings. The van der Waals surface area contributed by atoms with E-state index in [0.29, 0.717) is 5.92 Å². The third-order valence-electron chi connectivity index (χ3n) is 3.26. The van der Waals surface area contributed by atoms with Crippen LogP contribution in [0.2, 0.25) is 0 Å². The molecule has 0 amide bonds. The van der Waals surface area contributed by atoms with Gasteiger partial charge < -0.3 is 5.11 Å². The standard InChI is InChI=1S/C17H20O/c1-17(2,3)15-11-9-14(10-12-15)16(18)13-7-5-4-6-8-13/h4-12,15,18H,1-3H3/p-1. The summed E-state index contributed by atoms with van der Waals surface area (Å²) in [5.74, 6) is 0.486. The van der Waals surface area contributed by atoms with Crippen LogP contribution >= 0.6 is 0 Å². The zero-order valence-corrected chi connectivity index (χ0v) is 11.2. The molecule has 1 nitrogen and oxygen atoms in total. The van der Waals surface area contributed by atoms with Crippen LogP contribution in [0, 0.1) is 11.3 Å². The predicted molar refractivity (Wildman–Crippen MR) is 74.6 cm³/mol. The monoisotopic (exact) mass is 239 g/mol. The molecule has 0 saturated carbocycles. The predicted octanol–water partition coefficient (Wildman–Crippen LogP) is 3.55. The molecule has 2 rings (SSSR count). The molecule has 18 heavy (non-hydrogen) atoms. The molecule has 0 heterocycles. The van der Waals surface area contributed by atoms with E-state index in [9.17, 15) is 5.11 Å². The van der Waals surface area contributed by atoms with Crippen molar-refractivity contribution in [2.45, 2.75) is 20.8 Å². The Balaban J connectivity index is 2.26. The second-order valence-corrected chi connectivity index (χ2v) is 5.76. The first-order chi connectivity index (χ1) is 8.48. The number of rotatable bonds is 1. The first-order valence-corrected chi connectivity index (χ1v) is 6.31. The molecule has 0 radical (unpaired) electrons. The lowest BCUT2D eigenvalue weighted by atomic mass is 9.78. The summed E-state index contributed by atoms with van der Waals surface area (Å²) in [6.07, 6.45) is 8.14. The summed E-state index contributed by atoms with van der Waals surface area (Å²) in [6, 6.07) is 9.41. The Hall–Kier alpha value is -1.76. The van der Waals surface area contributed by atoms with E-state index < -0.39 is 0 Å². The average molecular weight is 239 g/mol. The van der Waals surface area contributed by atoms with Crippen molar-refractivity contribution in [1.82, 2.24) is 0 Å². The molecule has 1 aromatic rings. The van der Waals surface area contributed by atoms with Crippen molar-refractivity contribution in [3.63, 3.8) is 0 Å². The maximum atomic E-state index is 12.2. The molecule has 0 spiro atoms. The van der Waals surface area contributed by atoms with Crippen LogP contribution in [0.5, 0.6) is 0 Å². The first kappa shape index (κ1) is 12.7. The van der Waals surface area contributed by atoms with Crippen LogP contribution in [0.1, 0.15) is 26.3 Å². The van der Waals surface area contributed by atoms with Gasteiger partial charge in [-0.15, -0.1) is 0 Å². The van der Waals surface area contributed by atoms with Crippen LogP contribution in [-0.2, 0) is 0 Å². The van der Waals surface area contributed by atoms with E-state index in [4.69, 9.17) is 0 Å². The lowest BCUT2D eigenvalue weighted by Crippen LogP contribution is -2.18. The first-order valence-electron chi connectivity index (χ1n) is 6.31. The van der Waals surface area contributed by atoms with E-state index in [1.54, 1.807) is 0 Å². The Labute approximate surface area is 109 Å².